The van der Waals surface area contributed by atoms with E-state index in [1.54, 1.807) is 32.0 Å². The Labute approximate surface area is 167 Å². The molecule has 27 heavy (non-hydrogen) atoms. The molecule has 0 aliphatic carbocycles. The van der Waals surface area contributed by atoms with E-state index in [2.05, 4.69) is 10.5 Å². The molecule has 0 atom stereocenters. The zero-order chi connectivity index (χ0) is 19.8. The van der Waals surface area contributed by atoms with Crippen molar-refractivity contribution in [1.29, 1.82) is 0 Å². The third-order valence-corrected chi connectivity index (χ3v) is 7.29. The molecular weight excluding hydrogens is 413 g/mol. The van der Waals surface area contributed by atoms with E-state index in [1.807, 2.05) is 0 Å². The number of nitrogens with zero attached hydrogens (tertiary/aromatic N) is 2. The largest absolute Gasteiger partial charge is 0.360 e. The Bertz CT molecular complexity index is 947. The highest BCUT2D eigenvalue weighted by Crippen LogP contribution is 2.30. The van der Waals surface area contributed by atoms with Crippen molar-refractivity contribution in [2.75, 3.05) is 18.4 Å². The Morgan fingerprint density at radius 1 is 1.26 bits per heavy atom. The first-order valence-corrected chi connectivity index (χ1v) is 10.6. The van der Waals surface area contributed by atoms with Gasteiger partial charge >= 0.3 is 0 Å². The fraction of sp³-hybridized carbons (Fsp3) is 0.412. The minimum absolute atomic E-state index is 0.108. The van der Waals surface area contributed by atoms with Gasteiger partial charge in [-0.3, -0.25) is 4.79 Å². The van der Waals surface area contributed by atoms with Crippen molar-refractivity contribution in [1.82, 2.24) is 9.46 Å². The van der Waals surface area contributed by atoms with Gasteiger partial charge in [-0.15, -0.1) is 0 Å². The van der Waals surface area contributed by atoms with Gasteiger partial charge < -0.3 is 9.84 Å². The van der Waals surface area contributed by atoms with Gasteiger partial charge in [-0.05, 0) is 44.9 Å². The normalized spacial score (nSPS) is 16.4. The lowest BCUT2D eigenvalue weighted by Gasteiger charge is -2.30. The Morgan fingerprint density at radius 3 is 2.52 bits per heavy atom. The average Bonchev–Trinajstić information content (AvgIpc) is 2.97. The number of sulfonamides is 1. The molecule has 0 bridgehead atoms. The molecule has 0 unspecified atom stereocenters. The Morgan fingerprint density at radius 2 is 1.93 bits per heavy atom. The van der Waals surface area contributed by atoms with Gasteiger partial charge in [0.25, 0.3) is 0 Å². The van der Waals surface area contributed by atoms with Gasteiger partial charge in [0.05, 0.1) is 10.7 Å². The van der Waals surface area contributed by atoms with Crippen LogP contribution in [-0.4, -0.2) is 36.9 Å². The number of halogens is 2. The number of nitrogens with one attached hydrogen (secondary N) is 1. The molecule has 0 spiro atoms. The topological polar surface area (TPSA) is 92.5 Å². The second-order valence-corrected chi connectivity index (χ2v) is 9.16. The Kier molecular flexibility index (Phi) is 5.81. The van der Waals surface area contributed by atoms with Crippen LogP contribution in [0.25, 0.3) is 0 Å². The van der Waals surface area contributed by atoms with E-state index < -0.39 is 10.0 Å². The van der Waals surface area contributed by atoms with Crippen LogP contribution in [0.5, 0.6) is 0 Å². The summed E-state index contributed by atoms with van der Waals surface area (Å²) in [5.41, 5.74) is 0.780. The Hall–Kier alpha value is -1.61. The quantitative estimate of drug-likeness (QED) is 0.797. The molecular formula is C17H19Cl2N3O4S. The highest BCUT2D eigenvalue weighted by molar-refractivity contribution is 7.89. The lowest BCUT2D eigenvalue weighted by molar-refractivity contribution is -0.120. The summed E-state index contributed by atoms with van der Waals surface area (Å²) in [5, 5.41) is 7.35. The second kappa shape index (κ2) is 7.79. The summed E-state index contributed by atoms with van der Waals surface area (Å²) in [6, 6.07) is 4.83. The molecule has 1 N–H and O–H groups in total. The van der Waals surface area contributed by atoms with Crippen molar-refractivity contribution in [3.8, 4) is 0 Å². The summed E-state index contributed by atoms with van der Waals surface area (Å²) in [7, 11) is -3.69. The zero-order valence-corrected chi connectivity index (χ0v) is 17.2. The molecule has 1 aromatic carbocycles. The molecule has 1 fully saturated rings. The molecule has 7 nitrogen and oxygen atoms in total. The molecule has 1 aliphatic rings. The van der Waals surface area contributed by atoms with Gasteiger partial charge in [-0.2, -0.15) is 4.31 Å². The third-order valence-electron chi connectivity index (χ3n) is 4.58. The first-order chi connectivity index (χ1) is 12.7. The lowest BCUT2D eigenvalue weighted by Crippen LogP contribution is -2.41. The zero-order valence-electron chi connectivity index (χ0n) is 14.8. The number of aromatic nitrogens is 1. The fourth-order valence-corrected chi connectivity index (χ4v) is 5.26. The second-order valence-electron chi connectivity index (χ2n) is 6.45. The number of carbonyl (C=O) groups is 1. The third kappa shape index (κ3) is 4.13. The molecule has 10 heteroatoms. The molecule has 146 valence electrons. The van der Waals surface area contributed by atoms with Crippen LogP contribution >= 0.6 is 23.2 Å². The van der Waals surface area contributed by atoms with Crippen molar-refractivity contribution >= 4 is 44.8 Å². The number of aryl methyl sites for hydroxylation is 2. The number of rotatable bonds is 4. The number of amides is 1. The van der Waals surface area contributed by atoms with Crippen LogP contribution in [0.4, 0.5) is 5.69 Å². The first kappa shape index (κ1) is 20.1. The van der Waals surface area contributed by atoms with E-state index in [0.29, 0.717) is 34.3 Å². The highest BCUT2D eigenvalue weighted by atomic mass is 35.5. The van der Waals surface area contributed by atoms with E-state index in [0.717, 1.165) is 0 Å². The number of hydrogen-bond acceptors (Lipinski definition) is 5. The van der Waals surface area contributed by atoms with Crippen LogP contribution < -0.4 is 5.32 Å². The van der Waals surface area contributed by atoms with Crippen LogP contribution in [0.15, 0.2) is 27.6 Å². The number of piperidine rings is 1. The standard InChI is InChI=1S/C17H19Cl2N3O4S/c1-10-16(11(2)26-21-10)27(24,25)22-7-5-12(6-8-22)17(23)20-15-9-13(18)3-4-14(15)19/h3-4,9,12H,5-8H2,1-2H3,(H,20,23). The average molecular weight is 432 g/mol. The molecule has 1 aromatic heterocycles. The van der Waals surface area contributed by atoms with Gasteiger partial charge in [-0.25, -0.2) is 8.42 Å². The summed E-state index contributed by atoms with van der Waals surface area (Å²) in [6.07, 6.45) is 0.819. The number of carbonyl (C=O) groups excluding carboxylic acids is 1. The van der Waals surface area contributed by atoms with Gasteiger partial charge in [-0.1, -0.05) is 28.4 Å². The summed E-state index contributed by atoms with van der Waals surface area (Å²) in [5.74, 6) is -0.243. The molecule has 2 aromatic rings. The monoisotopic (exact) mass is 431 g/mol. The maximum Gasteiger partial charge on any atom is 0.248 e. The van der Waals surface area contributed by atoms with E-state index in [1.165, 1.54) is 4.31 Å². The Balaban J connectivity index is 1.66. The molecule has 1 amide bonds. The first-order valence-electron chi connectivity index (χ1n) is 8.39. The minimum Gasteiger partial charge on any atom is -0.360 e. The van der Waals surface area contributed by atoms with Crippen LogP contribution in [-0.2, 0) is 14.8 Å². The summed E-state index contributed by atoms with van der Waals surface area (Å²) >= 11 is 12.0. The summed E-state index contributed by atoms with van der Waals surface area (Å²) < 4.78 is 32.0. The van der Waals surface area contributed by atoms with E-state index >= 15 is 0 Å². The van der Waals surface area contributed by atoms with Crippen molar-refractivity contribution < 1.29 is 17.7 Å². The number of hydrogen-bond donors (Lipinski definition) is 1. The van der Waals surface area contributed by atoms with E-state index in [9.17, 15) is 13.2 Å². The van der Waals surface area contributed by atoms with Crippen molar-refractivity contribution in [2.45, 2.75) is 31.6 Å². The summed E-state index contributed by atoms with van der Waals surface area (Å²) in [6.45, 7) is 3.65. The van der Waals surface area contributed by atoms with Gasteiger partial charge in [0.2, 0.25) is 15.9 Å². The van der Waals surface area contributed by atoms with Crippen molar-refractivity contribution in [2.24, 2.45) is 5.92 Å². The molecule has 2 heterocycles. The van der Waals surface area contributed by atoms with Gasteiger partial charge in [0, 0.05) is 24.0 Å². The van der Waals surface area contributed by atoms with Crippen molar-refractivity contribution in [3.05, 3.63) is 39.7 Å². The molecule has 0 radical (unpaired) electrons. The van der Waals surface area contributed by atoms with Crippen LogP contribution in [0, 0.1) is 19.8 Å². The predicted octanol–water partition coefficient (Wildman–Crippen LogP) is 3.64. The van der Waals surface area contributed by atoms with Crippen LogP contribution in [0.2, 0.25) is 10.0 Å². The molecule has 0 saturated carbocycles. The summed E-state index contributed by atoms with van der Waals surface area (Å²) in [4.78, 5) is 12.6. The SMILES string of the molecule is Cc1noc(C)c1S(=O)(=O)N1CCC(C(=O)Nc2cc(Cl)ccc2Cl)CC1. The maximum atomic E-state index is 12.8. The molecule has 1 saturated heterocycles. The van der Waals surface area contributed by atoms with Crippen molar-refractivity contribution in [3.63, 3.8) is 0 Å². The van der Waals surface area contributed by atoms with Gasteiger partial charge in [0.15, 0.2) is 5.76 Å². The number of anilines is 1. The molecule has 1 aliphatic heterocycles. The number of benzene rings is 1. The minimum atomic E-state index is -3.69. The lowest BCUT2D eigenvalue weighted by atomic mass is 9.97. The predicted molar refractivity (Wildman–Crippen MR) is 103 cm³/mol. The fourth-order valence-electron chi connectivity index (χ4n) is 3.16. The van der Waals surface area contributed by atoms with Crippen LogP contribution in [0.1, 0.15) is 24.3 Å². The van der Waals surface area contributed by atoms with Crippen LogP contribution in [0.3, 0.4) is 0 Å². The van der Waals surface area contributed by atoms with E-state index in [-0.39, 0.29) is 35.6 Å². The molecule has 3 rings (SSSR count). The van der Waals surface area contributed by atoms with Gasteiger partial charge in [0.1, 0.15) is 10.6 Å². The highest BCUT2D eigenvalue weighted by Gasteiger charge is 2.35. The smallest absolute Gasteiger partial charge is 0.248 e. The van der Waals surface area contributed by atoms with E-state index in [4.69, 9.17) is 27.7 Å². The maximum absolute atomic E-state index is 12.8.